The minimum Gasteiger partial charge on any atom is -0.369 e. The van der Waals surface area contributed by atoms with Crippen molar-refractivity contribution in [2.45, 2.75) is 19.4 Å². The molecular weight excluding hydrogens is 210 g/mol. The van der Waals surface area contributed by atoms with Crippen LogP contribution in [0.5, 0.6) is 0 Å². The lowest BCUT2D eigenvalue weighted by molar-refractivity contribution is 0.380. The molecule has 1 aromatic rings. The molecule has 88 valence electrons. The van der Waals surface area contributed by atoms with E-state index >= 15 is 0 Å². The standard InChI is InChI=1S/C12H16F2N2/c1-8-7-16(5-4-11(8)15)12-3-2-9(13)6-10(12)14/h2-3,6,8,11H,4-5,7,15H2,1H3. The van der Waals surface area contributed by atoms with Crippen LogP contribution in [0, 0.1) is 17.6 Å². The Morgan fingerprint density at radius 1 is 1.38 bits per heavy atom. The first kappa shape index (κ1) is 11.3. The average Bonchev–Trinajstić information content (AvgIpc) is 2.22. The Balaban J connectivity index is 2.18. The van der Waals surface area contributed by atoms with E-state index in [2.05, 4.69) is 6.92 Å². The molecule has 16 heavy (non-hydrogen) atoms. The summed E-state index contributed by atoms with van der Waals surface area (Å²) in [6.07, 6.45) is 0.845. The van der Waals surface area contributed by atoms with Crippen molar-refractivity contribution < 1.29 is 8.78 Å². The molecule has 1 aromatic carbocycles. The SMILES string of the molecule is CC1CN(c2ccc(F)cc2F)CCC1N. The highest BCUT2D eigenvalue weighted by molar-refractivity contribution is 5.48. The molecule has 1 aliphatic rings. The van der Waals surface area contributed by atoms with Crippen molar-refractivity contribution in [3.8, 4) is 0 Å². The summed E-state index contributed by atoms with van der Waals surface area (Å²) in [5.41, 5.74) is 6.37. The molecular formula is C12H16F2N2. The summed E-state index contributed by atoms with van der Waals surface area (Å²) >= 11 is 0. The van der Waals surface area contributed by atoms with Crippen molar-refractivity contribution in [2.75, 3.05) is 18.0 Å². The first-order valence-electron chi connectivity index (χ1n) is 5.53. The fourth-order valence-corrected chi connectivity index (χ4v) is 2.12. The lowest BCUT2D eigenvalue weighted by Crippen LogP contribution is -2.46. The van der Waals surface area contributed by atoms with Crippen molar-refractivity contribution in [1.29, 1.82) is 0 Å². The van der Waals surface area contributed by atoms with E-state index < -0.39 is 11.6 Å². The van der Waals surface area contributed by atoms with E-state index in [9.17, 15) is 8.78 Å². The second-order valence-electron chi connectivity index (χ2n) is 4.47. The van der Waals surface area contributed by atoms with Gasteiger partial charge in [0.05, 0.1) is 5.69 Å². The molecule has 2 atom stereocenters. The molecule has 2 nitrogen and oxygen atoms in total. The largest absolute Gasteiger partial charge is 0.369 e. The molecule has 0 bridgehead atoms. The molecule has 0 radical (unpaired) electrons. The number of piperidine rings is 1. The van der Waals surface area contributed by atoms with Crippen molar-refractivity contribution in [3.63, 3.8) is 0 Å². The zero-order valence-corrected chi connectivity index (χ0v) is 9.29. The third-order valence-corrected chi connectivity index (χ3v) is 3.22. The van der Waals surface area contributed by atoms with Crippen molar-refractivity contribution >= 4 is 5.69 Å². The van der Waals surface area contributed by atoms with Gasteiger partial charge in [-0.2, -0.15) is 0 Å². The van der Waals surface area contributed by atoms with Crippen LogP contribution in [0.1, 0.15) is 13.3 Å². The van der Waals surface area contributed by atoms with E-state index in [0.29, 0.717) is 11.6 Å². The van der Waals surface area contributed by atoms with Gasteiger partial charge in [0.2, 0.25) is 0 Å². The highest BCUT2D eigenvalue weighted by Crippen LogP contribution is 2.25. The van der Waals surface area contributed by atoms with Gasteiger partial charge in [0.15, 0.2) is 0 Å². The molecule has 1 heterocycles. The van der Waals surface area contributed by atoms with E-state index in [0.717, 1.165) is 25.6 Å². The van der Waals surface area contributed by atoms with Crippen LogP contribution in [0.4, 0.5) is 14.5 Å². The summed E-state index contributed by atoms with van der Waals surface area (Å²) in [5, 5.41) is 0. The molecule has 0 aliphatic carbocycles. The third-order valence-electron chi connectivity index (χ3n) is 3.22. The van der Waals surface area contributed by atoms with E-state index in [1.54, 1.807) is 0 Å². The summed E-state index contributed by atoms with van der Waals surface area (Å²) in [6.45, 7) is 3.51. The topological polar surface area (TPSA) is 29.3 Å². The number of benzene rings is 1. The van der Waals surface area contributed by atoms with Gasteiger partial charge in [-0.05, 0) is 24.5 Å². The van der Waals surface area contributed by atoms with Gasteiger partial charge >= 0.3 is 0 Å². The first-order valence-corrected chi connectivity index (χ1v) is 5.53. The van der Waals surface area contributed by atoms with Gasteiger partial charge in [0.1, 0.15) is 11.6 Å². The highest BCUT2D eigenvalue weighted by atomic mass is 19.1. The molecule has 2 N–H and O–H groups in total. The summed E-state index contributed by atoms with van der Waals surface area (Å²) in [7, 11) is 0. The number of nitrogens with two attached hydrogens (primary N) is 1. The summed E-state index contributed by atoms with van der Waals surface area (Å²) < 4.78 is 26.3. The molecule has 4 heteroatoms. The van der Waals surface area contributed by atoms with Crippen LogP contribution in [0.25, 0.3) is 0 Å². The zero-order valence-electron chi connectivity index (χ0n) is 9.29. The number of nitrogens with zero attached hydrogens (tertiary/aromatic N) is 1. The fraction of sp³-hybridized carbons (Fsp3) is 0.500. The molecule has 2 unspecified atom stereocenters. The fourth-order valence-electron chi connectivity index (χ4n) is 2.12. The van der Waals surface area contributed by atoms with Crippen LogP contribution < -0.4 is 10.6 Å². The van der Waals surface area contributed by atoms with Gasteiger partial charge < -0.3 is 10.6 Å². The Morgan fingerprint density at radius 2 is 2.12 bits per heavy atom. The number of anilines is 1. The number of halogens is 2. The molecule has 1 saturated heterocycles. The molecule has 1 aliphatic heterocycles. The first-order chi connectivity index (χ1) is 7.58. The van der Waals surface area contributed by atoms with E-state index in [4.69, 9.17) is 5.73 Å². The van der Waals surface area contributed by atoms with Crippen LogP contribution in [-0.2, 0) is 0 Å². The predicted molar refractivity (Wildman–Crippen MR) is 60.3 cm³/mol. The second kappa shape index (κ2) is 4.37. The van der Waals surface area contributed by atoms with Gasteiger partial charge in [0.25, 0.3) is 0 Å². The van der Waals surface area contributed by atoms with Gasteiger partial charge in [-0.1, -0.05) is 6.92 Å². The van der Waals surface area contributed by atoms with Gasteiger partial charge in [-0.25, -0.2) is 8.78 Å². The molecule has 1 fully saturated rings. The minimum atomic E-state index is -0.539. The Kier molecular flexibility index (Phi) is 3.10. The number of rotatable bonds is 1. The molecule has 0 aromatic heterocycles. The van der Waals surface area contributed by atoms with Crippen LogP contribution >= 0.6 is 0 Å². The molecule has 0 saturated carbocycles. The Bertz CT molecular complexity index is 381. The normalized spacial score (nSPS) is 25.9. The van der Waals surface area contributed by atoms with Crippen LogP contribution in [0.15, 0.2) is 18.2 Å². The Hall–Kier alpha value is -1.16. The van der Waals surface area contributed by atoms with Gasteiger partial charge in [-0.15, -0.1) is 0 Å². The predicted octanol–water partition coefficient (Wildman–Crippen LogP) is 2.14. The highest BCUT2D eigenvalue weighted by Gasteiger charge is 2.24. The number of hydrogen-bond acceptors (Lipinski definition) is 2. The average molecular weight is 226 g/mol. The molecule has 2 rings (SSSR count). The minimum absolute atomic E-state index is 0.180. The Morgan fingerprint density at radius 3 is 2.75 bits per heavy atom. The van der Waals surface area contributed by atoms with E-state index in [-0.39, 0.29) is 6.04 Å². The maximum absolute atomic E-state index is 13.5. The van der Waals surface area contributed by atoms with Crippen LogP contribution in [0.2, 0.25) is 0 Å². The van der Waals surface area contributed by atoms with E-state index in [1.165, 1.54) is 12.1 Å². The number of hydrogen-bond donors (Lipinski definition) is 1. The van der Waals surface area contributed by atoms with Gasteiger partial charge in [-0.3, -0.25) is 0 Å². The van der Waals surface area contributed by atoms with Crippen molar-refractivity contribution in [1.82, 2.24) is 0 Å². The third kappa shape index (κ3) is 2.16. The second-order valence-corrected chi connectivity index (χ2v) is 4.47. The van der Waals surface area contributed by atoms with Crippen molar-refractivity contribution in [2.24, 2.45) is 11.7 Å². The molecule has 0 amide bonds. The van der Waals surface area contributed by atoms with Crippen LogP contribution in [0.3, 0.4) is 0 Å². The summed E-state index contributed by atoms with van der Waals surface area (Å²) in [4.78, 5) is 1.93. The lowest BCUT2D eigenvalue weighted by atomic mass is 9.94. The lowest BCUT2D eigenvalue weighted by Gasteiger charge is -2.36. The van der Waals surface area contributed by atoms with Gasteiger partial charge in [0, 0.05) is 25.2 Å². The monoisotopic (exact) mass is 226 g/mol. The van der Waals surface area contributed by atoms with Crippen LogP contribution in [-0.4, -0.2) is 19.1 Å². The maximum atomic E-state index is 13.5. The summed E-state index contributed by atoms with van der Waals surface area (Å²) in [6, 6.07) is 3.89. The zero-order chi connectivity index (χ0) is 11.7. The Labute approximate surface area is 94.0 Å². The quantitative estimate of drug-likeness (QED) is 0.795. The van der Waals surface area contributed by atoms with E-state index in [1.807, 2.05) is 4.90 Å². The molecule has 0 spiro atoms. The maximum Gasteiger partial charge on any atom is 0.149 e. The van der Waals surface area contributed by atoms with Crippen molar-refractivity contribution in [3.05, 3.63) is 29.8 Å². The smallest absolute Gasteiger partial charge is 0.149 e. The summed E-state index contributed by atoms with van der Waals surface area (Å²) in [5.74, 6) is -0.705.